The number of carbonyl (C=O) groups is 1. The van der Waals surface area contributed by atoms with Crippen molar-refractivity contribution in [3.8, 4) is 28.5 Å². The molecule has 36 heavy (non-hydrogen) atoms. The molecule has 0 radical (unpaired) electrons. The van der Waals surface area contributed by atoms with Crippen LogP contribution < -0.4 is 4.74 Å². The molecule has 4 aromatic rings. The van der Waals surface area contributed by atoms with Crippen LogP contribution in [0.5, 0.6) is 5.75 Å². The second kappa shape index (κ2) is 9.36. The number of likely N-dealkylation sites (N-methyl/N-ethyl adjacent to an activating group) is 1. The van der Waals surface area contributed by atoms with Gasteiger partial charge in [0.25, 0.3) is 5.91 Å². The number of aromatic nitrogens is 3. The number of nitrogens with one attached hydrogen (secondary N) is 1. The van der Waals surface area contributed by atoms with Gasteiger partial charge in [0.1, 0.15) is 18.0 Å². The lowest BCUT2D eigenvalue weighted by Crippen LogP contribution is -2.67. The molecule has 0 bridgehead atoms. The topological polar surface area (TPSA) is 96.7 Å². The first kappa shape index (κ1) is 24.0. The first-order valence-electron chi connectivity index (χ1n) is 11.6. The molecule has 0 spiro atoms. The molecule has 9 nitrogen and oxygen atoms in total. The number of hydrogen-bond acceptors (Lipinski definition) is 7. The molecule has 0 aliphatic carbocycles. The van der Waals surface area contributed by atoms with E-state index in [1.807, 2.05) is 31.1 Å². The zero-order valence-corrected chi connectivity index (χ0v) is 20.7. The maximum absolute atomic E-state index is 14.6. The standard InChI is InChI=1S/C26H28FN5O4/c1-26(31(2)3)14-32(15-26)25(33)17-7-5-16(6-8-17)20-12-23(36-30-20)24-18-11-19(27)22(35-10-9-34-4)13-21(18)28-29-24/h5-8,11-13H,9-10,14-15H2,1-4H3,(H,28,29). The Morgan fingerprint density at radius 2 is 1.94 bits per heavy atom. The molecule has 1 fully saturated rings. The Labute approximate surface area is 207 Å². The number of benzene rings is 2. The fraction of sp³-hybridized carbons (Fsp3) is 0.346. The van der Waals surface area contributed by atoms with Gasteiger partial charge in [0.05, 0.1) is 17.7 Å². The summed E-state index contributed by atoms with van der Waals surface area (Å²) in [5, 5.41) is 11.9. The van der Waals surface area contributed by atoms with E-state index in [2.05, 4.69) is 27.2 Å². The quantitative estimate of drug-likeness (QED) is 0.373. The van der Waals surface area contributed by atoms with Crippen molar-refractivity contribution >= 4 is 16.8 Å². The number of fused-ring (bicyclic) bond motifs is 1. The number of methoxy groups -OCH3 is 1. The summed E-state index contributed by atoms with van der Waals surface area (Å²) >= 11 is 0. The number of H-pyrrole nitrogens is 1. The van der Waals surface area contributed by atoms with Gasteiger partial charge in [0.15, 0.2) is 17.3 Å². The molecule has 1 aliphatic heterocycles. The smallest absolute Gasteiger partial charge is 0.253 e. The minimum atomic E-state index is -0.505. The van der Waals surface area contributed by atoms with Crippen LogP contribution in [0.15, 0.2) is 47.0 Å². The lowest BCUT2D eigenvalue weighted by Gasteiger charge is -2.51. The van der Waals surface area contributed by atoms with E-state index in [1.165, 1.54) is 6.07 Å². The third-order valence-corrected chi connectivity index (χ3v) is 6.76. The molecular formula is C26H28FN5O4. The number of nitrogens with zero attached hydrogens (tertiary/aromatic N) is 4. The van der Waals surface area contributed by atoms with E-state index >= 15 is 0 Å². The molecule has 5 rings (SSSR count). The van der Waals surface area contributed by atoms with Crippen molar-refractivity contribution in [1.82, 2.24) is 25.2 Å². The number of likely N-dealkylation sites (tertiary alicyclic amines) is 1. The van der Waals surface area contributed by atoms with Crippen LogP contribution in [0.3, 0.4) is 0 Å². The van der Waals surface area contributed by atoms with E-state index in [1.54, 1.807) is 31.4 Å². The predicted molar refractivity (Wildman–Crippen MR) is 132 cm³/mol. The number of rotatable bonds is 8. The van der Waals surface area contributed by atoms with Crippen molar-refractivity contribution in [2.75, 3.05) is 47.5 Å². The fourth-order valence-corrected chi connectivity index (χ4v) is 4.24. The largest absolute Gasteiger partial charge is 0.488 e. The molecule has 1 aliphatic rings. The first-order valence-corrected chi connectivity index (χ1v) is 11.6. The van der Waals surface area contributed by atoms with Gasteiger partial charge in [-0.3, -0.25) is 9.89 Å². The first-order chi connectivity index (χ1) is 17.3. The molecule has 0 atom stereocenters. The van der Waals surface area contributed by atoms with E-state index in [4.69, 9.17) is 14.0 Å². The normalized spacial score (nSPS) is 14.9. The van der Waals surface area contributed by atoms with Crippen molar-refractivity contribution in [1.29, 1.82) is 0 Å². The molecule has 1 N–H and O–H groups in total. The predicted octanol–water partition coefficient (Wildman–Crippen LogP) is 3.83. The van der Waals surface area contributed by atoms with E-state index in [0.717, 1.165) is 5.56 Å². The average molecular weight is 494 g/mol. The van der Waals surface area contributed by atoms with Gasteiger partial charge in [-0.05, 0) is 39.2 Å². The van der Waals surface area contributed by atoms with E-state index in [9.17, 15) is 9.18 Å². The summed E-state index contributed by atoms with van der Waals surface area (Å²) in [6, 6.07) is 11.9. The van der Waals surface area contributed by atoms with Crippen LogP contribution in [0.4, 0.5) is 4.39 Å². The minimum absolute atomic E-state index is 0.0114. The van der Waals surface area contributed by atoms with Crippen LogP contribution in [0.2, 0.25) is 0 Å². The van der Waals surface area contributed by atoms with Gasteiger partial charge in [-0.25, -0.2) is 4.39 Å². The molecule has 188 valence electrons. The van der Waals surface area contributed by atoms with Gasteiger partial charge in [0.2, 0.25) is 0 Å². The minimum Gasteiger partial charge on any atom is -0.488 e. The van der Waals surface area contributed by atoms with E-state index < -0.39 is 5.82 Å². The Kier molecular flexibility index (Phi) is 6.23. The van der Waals surface area contributed by atoms with Crippen molar-refractivity contribution < 1.29 is 23.2 Å². The van der Waals surface area contributed by atoms with E-state index in [-0.39, 0.29) is 23.8 Å². The molecule has 0 saturated carbocycles. The van der Waals surface area contributed by atoms with Gasteiger partial charge >= 0.3 is 0 Å². The number of ether oxygens (including phenoxy) is 2. The zero-order valence-electron chi connectivity index (χ0n) is 20.7. The SMILES string of the molecule is COCCOc1cc2[nH]nc(-c3cc(-c4ccc(C(=O)N5CC(C)(N(C)C)C5)cc4)no3)c2cc1F. The Balaban J connectivity index is 1.32. The third-order valence-electron chi connectivity index (χ3n) is 6.76. The lowest BCUT2D eigenvalue weighted by atomic mass is 9.90. The highest BCUT2D eigenvalue weighted by Gasteiger charge is 2.43. The molecule has 2 aromatic carbocycles. The maximum atomic E-state index is 14.6. The summed E-state index contributed by atoms with van der Waals surface area (Å²) in [6.45, 7) is 4.15. The second-order valence-corrected chi connectivity index (χ2v) is 9.45. The molecular weight excluding hydrogens is 465 g/mol. The zero-order chi connectivity index (χ0) is 25.4. The molecule has 3 heterocycles. The van der Waals surface area contributed by atoms with Crippen molar-refractivity contribution in [2.24, 2.45) is 0 Å². The Morgan fingerprint density at radius 3 is 2.64 bits per heavy atom. The van der Waals surface area contributed by atoms with Gasteiger partial charge < -0.3 is 23.8 Å². The van der Waals surface area contributed by atoms with Crippen molar-refractivity contribution in [2.45, 2.75) is 12.5 Å². The average Bonchev–Trinajstić information content (AvgIpc) is 3.49. The third kappa shape index (κ3) is 4.33. The van der Waals surface area contributed by atoms with Crippen molar-refractivity contribution in [3.05, 3.63) is 53.8 Å². The molecule has 0 unspecified atom stereocenters. The fourth-order valence-electron chi connectivity index (χ4n) is 4.24. The highest BCUT2D eigenvalue weighted by Crippen LogP contribution is 2.33. The summed E-state index contributed by atoms with van der Waals surface area (Å²) in [5.74, 6) is 0.0197. The van der Waals surface area contributed by atoms with Crippen molar-refractivity contribution in [3.63, 3.8) is 0 Å². The Morgan fingerprint density at radius 1 is 1.19 bits per heavy atom. The molecule has 1 amide bonds. The molecule has 2 aromatic heterocycles. The number of aromatic amines is 1. The highest BCUT2D eigenvalue weighted by molar-refractivity contribution is 5.96. The van der Waals surface area contributed by atoms with Gasteiger partial charge in [-0.2, -0.15) is 5.10 Å². The van der Waals surface area contributed by atoms with E-state index in [0.29, 0.717) is 53.3 Å². The summed E-state index contributed by atoms with van der Waals surface area (Å²) in [7, 11) is 5.61. The van der Waals surface area contributed by atoms with Crippen LogP contribution in [-0.4, -0.2) is 84.1 Å². The Bertz CT molecular complexity index is 1390. The lowest BCUT2D eigenvalue weighted by molar-refractivity contribution is -0.00669. The summed E-state index contributed by atoms with van der Waals surface area (Å²) in [4.78, 5) is 16.8. The monoisotopic (exact) mass is 493 g/mol. The summed E-state index contributed by atoms with van der Waals surface area (Å²) in [5.41, 5.74) is 3.08. The van der Waals surface area contributed by atoms with Crippen LogP contribution in [0, 0.1) is 5.82 Å². The summed E-state index contributed by atoms with van der Waals surface area (Å²) < 4.78 is 30.5. The number of halogens is 1. The van der Waals surface area contributed by atoms with Crippen LogP contribution in [0.1, 0.15) is 17.3 Å². The number of carbonyl (C=O) groups excluding carboxylic acids is 1. The van der Waals surface area contributed by atoms with Gasteiger partial charge in [0, 0.05) is 48.8 Å². The Hall–Kier alpha value is -3.76. The highest BCUT2D eigenvalue weighted by atomic mass is 19.1. The van der Waals surface area contributed by atoms with Gasteiger partial charge in [-0.15, -0.1) is 0 Å². The van der Waals surface area contributed by atoms with Crippen LogP contribution in [0.25, 0.3) is 33.6 Å². The van der Waals surface area contributed by atoms with Crippen LogP contribution >= 0.6 is 0 Å². The number of hydrogen-bond donors (Lipinski definition) is 1. The van der Waals surface area contributed by atoms with Gasteiger partial charge in [-0.1, -0.05) is 17.3 Å². The summed E-state index contributed by atoms with van der Waals surface area (Å²) in [6.07, 6.45) is 0. The second-order valence-electron chi connectivity index (χ2n) is 9.45. The molecule has 1 saturated heterocycles. The molecule has 10 heteroatoms. The number of amides is 1. The maximum Gasteiger partial charge on any atom is 0.253 e. The van der Waals surface area contributed by atoms with Crippen LogP contribution in [-0.2, 0) is 4.74 Å².